The zero-order valence-electron chi connectivity index (χ0n) is 15.6. The van der Waals surface area contributed by atoms with E-state index in [4.69, 9.17) is 4.74 Å². The van der Waals surface area contributed by atoms with Gasteiger partial charge in [0, 0.05) is 24.2 Å². The van der Waals surface area contributed by atoms with Crippen LogP contribution in [0.25, 0.3) is 0 Å². The Bertz CT molecular complexity index is 731. The van der Waals surface area contributed by atoms with Gasteiger partial charge in [-0.15, -0.1) is 0 Å². The van der Waals surface area contributed by atoms with Crippen molar-refractivity contribution in [2.75, 3.05) is 0 Å². The van der Waals surface area contributed by atoms with Crippen LogP contribution in [-0.4, -0.2) is 28.4 Å². The lowest BCUT2D eigenvalue weighted by Crippen LogP contribution is -2.64. The fraction of sp³-hybridized carbons (Fsp3) is 0.714. The Labute approximate surface area is 162 Å². The Morgan fingerprint density at radius 3 is 2.77 bits per heavy atom. The molecule has 5 heteroatoms. The van der Waals surface area contributed by atoms with Crippen LogP contribution in [0.3, 0.4) is 0 Å². The number of rotatable bonds is 1. The number of ketones is 1. The third-order valence-electron chi connectivity index (χ3n) is 7.78. The van der Waals surface area contributed by atoms with E-state index in [9.17, 15) is 9.59 Å². The van der Waals surface area contributed by atoms with E-state index in [0.29, 0.717) is 19.3 Å². The van der Waals surface area contributed by atoms with Crippen LogP contribution in [0.4, 0.5) is 4.39 Å². The predicted molar refractivity (Wildman–Crippen MR) is 101 cm³/mol. The van der Waals surface area contributed by atoms with Crippen molar-refractivity contribution >= 4 is 27.7 Å². The summed E-state index contributed by atoms with van der Waals surface area (Å²) in [5, 5.41) is 0. The molecule has 142 valence electrons. The predicted octanol–water partition coefficient (Wildman–Crippen LogP) is 4.69. The molecule has 0 saturated heterocycles. The molecule has 0 aromatic heterocycles. The number of carbonyl (C=O) groups is 2. The van der Waals surface area contributed by atoms with Gasteiger partial charge in [0.2, 0.25) is 0 Å². The van der Waals surface area contributed by atoms with Gasteiger partial charge < -0.3 is 4.74 Å². The van der Waals surface area contributed by atoms with Crippen LogP contribution in [-0.2, 0) is 14.3 Å². The molecule has 4 rings (SSSR count). The normalized spacial score (nSPS) is 49.7. The first kappa shape index (κ1) is 18.4. The van der Waals surface area contributed by atoms with Crippen LogP contribution >= 0.6 is 15.9 Å². The van der Waals surface area contributed by atoms with Crippen LogP contribution in [0.5, 0.6) is 0 Å². The molecule has 2 fully saturated rings. The highest BCUT2D eigenvalue weighted by Crippen LogP contribution is 2.69. The first-order valence-electron chi connectivity index (χ1n) is 9.56. The lowest BCUT2D eigenvalue weighted by molar-refractivity contribution is -0.157. The molecule has 4 aliphatic rings. The van der Waals surface area contributed by atoms with Crippen molar-refractivity contribution in [1.29, 1.82) is 0 Å². The average molecular weight is 425 g/mol. The minimum Gasteiger partial charge on any atom is -0.462 e. The molecule has 2 saturated carbocycles. The summed E-state index contributed by atoms with van der Waals surface area (Å²) < 4.78 is 20.8. The van der Waals surface area contributed by atoms with Crippen LogP contribution in [0.15, 0.2) is 23.8 Å². The van der Waals surface area contributed by atoms with Gasteiger partial charge >= 0.3 is 5.97 Å². The minimum absolute atomic E-state index is 0.0205. The number of alkyl halides is 2. The summed E-state index contributed by atoms with van der Waals surface area (Å²) in [5.74, 6) is 0.117. The fourth-order valence-electron chi connectivity index (χ4n) is 6.29. The van der Waals surface area contributed by atoms with Crippen molar-refractivity contribution in [3.63, 3.8) is 0 Å². The topological polar surface area (TPSA) is 43.4 Å². The number of esters is 1. The first-order chi connectivity index (χ1) is 12.1. The van der Waals surface area contributed by atoms with E-state index in [0.717, 1.165) is 18.4 Å². The van der Waals surface area contributed by atoms with Crippen molar-refractivity contribution in [2.45, 2.75) is 69.5 Å². The van der Waals surface area contributed by atoms with E-state index in [1.54, 1.807) is 6.08 Å². The number of hydrogen-bond acceptors (Lipinski definition) is 3. The molecule has 0 heterocycles. The van der Waals surface area contributed by atoms with Gasteiger partial charge in [-0.3, -0.25) is 9.59 Å². The Balaban J connectivity index is 1.79. The van der Waals surface area contributed by atoms with Gasteiger partial charge in [-0.1, -0.05) is 41.9 Å². The molecular weight excluding hydrogens is 399 g/mol. The largest absolute Gasteiger partial charge is 0.462 e. The summed E-state index contributed by atoms with van der Waals surface area (Å²) in [7, 11) is 0. The van der Waals surface area contributed by atoms with E-state index in [-0.39, 0.29) is 35.1 Å². The molecule has 0 bridgehead atoms. The maximum absolute atomic E-state index is 15.9. The smallest absolute Gasteiger partial charge is 0.302 e. The SMILES string of the molecule is CC(=O)O[C@H]1CC[C@H]2[C@@H]3C=CC4=CC(=O)CC[C@]4(C)[C@@]3(Br)[C@@H](F)C[C@]12C. The Kier molecular flexibility index (Phi) is 4.08. The second kappa shape index (κ2) is 5.76. The highest BCUT2D eigenvalue weighted by Gasteiger charge is 2.69. The summed E-state index contributed by atoms with van der Waals surface area (Å²) >= 11 is 3.90. The van der Waals surface area contributed by atoms with E-state index < -0.39 is 15.9 Å². The third-order valence-corrected chi connectivity index (χ3v) is 9.68. The van der Waals surface area contributed by atoms with Crippen molar-refractivity contribution in [1.82, 2.24) is 0 Å². The lowest BCUT2D eigenvalue weighted by atomic mass is 9.48. The summed E-state index contributed by atoms with van der Waals surface area (Å²) in [6, 6.07) is 0. The second-order valence-electron chi connectivity index (χ2n) is 9.01. The van der Waals surface area contributed by atoms with E-state index in [1.807, 2.05) is 6.08 Å². The van der Waals surface area contributed by atoms with E-state index in [2.05, 4.69) is 35.9 Å². The second-order valence-corrected chi connectivity index (χ2v) is 10.3. The van der Waals surface area contributed by atoms with Crippen LogP contribution in [0.2, 0.25) is 0 Å². The number of ether oxygens (including phenoxy) is 1. The van der Waals surface area contributed by atoms with Crippen LogP contribution in [0.1, 0.15) is 52.9 Å². The highest BCUT2D eigenvalue weighted by atomic mass is 79.9. The molecule has 0 aliphatic heterocycles. The van der Waals surface area contributed by atoms with Gasteiger partial charge in [0.15, 0.2) is 5.78 Å². The molecule has 0 spiro atoms. The first-order valence-corrected chi connectivity index (χ1v) is 10.4. The van der Waals surface area contributed by atoms with Crippen molar-refractivity contribution in [2.24, 2.45) is 22.7 Å². The Hall–Kier alpha value is -0.970. The van der Waals surface area contributed by atoms with E-state index >= 15 is 4.39 Å². The van der Waals surface area contributed by atoms with Gasteiger partial charge in [0.1, 0.15) is 12.3 Å². The maximum Gasteiger partial charge on any atom is 0.302 e. The fourth-order valence-corrected chi connectivity index (χ4v) is 7.35. The quantitative estimate of drug-likeness (QED) is 0.452. The number of hydrogen-bond donors (Lipinski definition) is 0. The summed E-state index contributed by atoms with van der Waals surface area (Å²) in [4.78, 5) is 23.5. The molecule has 4 aliphatic carbocycles. The highest BCUT2D eigenvalue weighted by molar-refractivity contribution is 9.10. The molecule has 0 radical (unpaired) electrons. The zero-order chi connectivity index (χ0) is 18.9. The van der Waals surface area contributed by atoms with Gasteiger partial charge in [0.05, 0.1) is 4.32 Å². The summed E-state index contributed by atoms with van der Waals surface area (Å²) in [6.45, 7) is 5.62. The van der Waals surface area contributed by atoms with Crippen molar-refractivity contribution in [3.05, 3.63) is 23.8 Å². The monoisotopic (exact) mass is 424 g/mol. The third kappa shape index (κ3) is 2.22. The average Bonchev–Trinajstić information content (AvgIpc) is 2.86. The molecule has 0 aromatic carbocycles. The van der Waals surface area contributed by atoms with Gasteiger partial charge in [0.25, 0.3) is 0 Å². The van der Waals surface area contributed by atoms with Crippen LogP contribution < -0.4 is 0 Å². The zero-order valence-corrected chi connectivity index (χ0v) is 17.1. The van der Waals surface area contributed by atoms with Crippen LogP contribution in [0, 0.1) is 22.7 Å². The minimum atomic E-state index is -1.07. The Morgan fingerprint density at radius 1 is 1.35 bits per heavy atom. The standard InChI is InChI=1S/C21H26BrFO3/c1-12(24)26-18-7-6-15-16-5-4-13-10-14(25)8-9-20(13,3)21(16,22)17(23)11-19(15,18)2/h4-5,10,15-18H,6-9,11H2,1-3H3/t15-,16-,17-,18-,19-,20-,21-/m0/s1. The van der Waals surface area contributed by atoms with Gasteiger partial charge in [-0.05, 0) is 49.2 Å². The van der Waals surface area contributed by atoms with Crippen molar-refractivity contribution < 1.29 is 18.7 Å². The Morgan fingerprint density at radius 2 is 2.08 bits per heavy atom. The van der Waals surface area contributed by atoms with Gasteiger partial charge in [-0.2, -0.15) is 0 Å². The lowest BCUT2D eigenvalue weighted by Gasteiger charge is -2.61. The summed E-state index contributed by atoms with van der Waals surface area (Å²) in [5.41, 5.74) is 0.197. The maximum atomic E-state index is 15.9. The summed E-state index contributed by atoms with van der Waals surface area (Å²) in [6.07, 6.45) is 7.79. The molecule has 0 amide bonds. The molecule has 26 heavy (non-hydrogen) atoms. The number of allylic oxidation sites excluding steroid dienone is 4. The molecular formula is C21H26BrFO3. The molecule has 3 nitrogen and oxygen atoms in total. The number of fused-ring (bicyclic) bond motifs is 5. The van der Waals surface area contributed by atoms with Gasteiger partial charge in [-0.25, -0.2) is 4.39 Å². The number of halogens is 2. The molecule has 0 N–H and O–H groups in total. The molecule has 0 aromatic rings. The van der Waals surface area contributed by atoms with Crippen molar-refractivity contribution in [3.8, 4) is 0 Å². The molecule has 0 unspecified atom stereocenters. The van der Waals surface area contributed by atoms with E-state index in [1.165, 1.54) is 6.92 Å². The molecule has 7 atom stereocenters. The number of carbonyl (C=O) groups excluding carboxylic acids is 2.